The SMILES string of the molecule is COc1cccc(-n2cnc3c2[C@H](c2ccc(OC)c(OC)c2)CC(=O)N3)c1. The Kier molecular flexibility index (Phi) is 4.65. The van der Waals surface area contributed by atoms with E-state index in [1.54, 1.807) is 27.7 Å². The van der Waals surface area contributed by atoms with Gasteiger partial charge in [-0.25, -0.2) is 4.98 Å². The Morgan fingerprint density at radius 1 is 1.04 bits per heavy atom. The third-order valence-corrected chi connectivity index (χ3v) is 4.92. The van der Waals surface area contributed by atoms with E-state index >= 15 is 0 Å². The van der Waals surface area contributed by atoms with Gasteiger partial charge in [0.25, 0.3) is 0 Å². The third kappa shape index (κ3) is 3.05. The van der Waals surface area contributed by atoms with Gasteiger partial charge in [-0.2, -0.15) is 0 Å². The van der Waals surface area contributed by atoms with Gasteiger partial charge < -0.3 is 24.1 Å². The first-order chi connectivity index (χ1) is 13.6. The molecule has 0 saturated heterocycles. The highest BCUT2D eigenvalue weighted by Crippen LogP contribution is 2.40. The molecule has 1 aliphatic heterocycles. The molecule has 0 saturated carbocycles. The number of carbonyl (C=O) groups excluding carboxylic acids is 1. The van der Waals surface area contributed by atoms with Gasteiger partial charge in [-0.3, -0.25) is 4.79 Å². The smallest absolute Gasteiger partial charge is 0.226 e. The molecular weight excluding hydrogens is 358 g/mol. The van der Waals surface area contributed by atoms with Crippen LogP contribution in [0.5, 0.6) is 17.2 Å². The summed E-state index contributed by atoms with van der Waals surface area (Å²) in [6.07, 6.45) is 2.04. The number of benzene rings is 2. The van der Waals surface area contributed by atoms with Crippen molar-refractivity contribution in [2.45, 2.75) is 12.3 Å². The first kappa shape index (κ1) is 17.9. The fourth-order valence-electron chi connectivity index (χ4n) is 3.56. The van der Waals surface area contributed by atoms with E-state index in [1.165, 1.54) is 0 Å². The summed E-state index contributed by atoms with van der Waals surface area (Å²) < 4.78 is 18.1. The fraction of sp³-hybridized carbons (Fsp3) is 0.238. The van der Waals surface area contributed by atoms with Crippen molar-refractivity contribution in [2.24, 2.45) is 0 Å². The van der Waals surface area contributed by atoms with E-state index in [9.17, 15) is 4.79 Å². The zero-order chi connectivity index (χ0) is 19.7. The minimum Gasteiger partial charge on any atom is -0.497 e. The van der Waals surface area contributed by atoms with Crippen LogP contribution in [0.3, 0.4) is 0 Å². The first-order valence-corrected chi connectivity index (χ1v) is 8.88. The minimum atomic E-state index is -0.169. The van der Waals surface area contributed by atoms with Crippen LogP contribution < -0.4 is 19.5 Å². The number of fused-ring (bicyclic) bond motifs is 1. The van der Waals surface area contributed by atoms with E-state index in [1.807, 2.05) is 47.0 Å². The number of carbonyl (C=O) groups is 1. The molecule has 7 nitrogen and oxygen atoms in total. The number of imidazole rings is 1. The summed E-state index contributed by atoms with van der Waals surface area (Å²) in [6.45, 7) is 0. The molecule has 28 heavy (non-hydrogen) atoms. The van der Waals surface area contributed by atoms with Crippen molar-refractivity contribution in [1.82, 2.24) is 9.55 Å². The number of aromatic nitrogens is 2. The van der Waals surface area contributed by atoms with Gasteiger partial charge in [0.15, 0.2) is 17.3 Å². The summed E-state index contributed by atoms with van der Waals surface area (Å²) in [5.74, 6) is 2.36. The van der Waals surface area contributed by atoms with Crippen LogP contribution in [0.4, 0.5) is 5.82 Å². The second-order valence-electron chi connectivity index (χ2n) is 6.47. The van der Waals surface area contributed by atoms with Crippen molar-refractivity contribution in [3.05, 3.63) is 60.0 Å². The Labute approximate surface area is 162 Å². The van der Waals surface area contributed by atoms with E-state index in [4.69, 9.17) is 14.2 Å². The molecule has 1 aliphatic rings. The molecule has 1 atom stereocenters. The van der Waals surface area contributed by atoms with Gasteiger partial charge in [0.1, 0.15) is 12.1 Å². The van der Waals surface area contributed by atoms with Crippen molar-refractivity contribution in [2.75, 3.05) is 26.6 Å². The first-order valence-electron chi connectivity index (χ1n) is 8.88. The summed E-state index contributed by atoms with van der Waals surface area (Å²) in [5.41, 5.74) is 2.79. The standard InChI is InChI=1S/C21H21N3O4/c1-26-15-6-4-5-14(10-15)24-12-22-21-20(24)16(11-19(25)23-21)13-7-8-17(27-2)18(9-13)28-3/h4-10,12,16H,11H2,1-3H3,(H,23,25)/t16-/m0/s1. The molecule has 2 heterocycles. The molecule has 0 bridgehead atoms. The van der Waals surface area contributed by atoms with E-state index < -0.39 is 0 Å². The number of nitrogens with zero attached hydrogens (tertiary/aromatic N) is 2. The van der Waals surface area contributed by atoms with Crippen LogP contribution in [0.2, 0.25) is 0 Å². The molecule has 1 aromatic heterocycles. The second-order valence-corrected chi connectivity index (χ2v) is 6.47. The van der Waals surface area contributed by atoms with Crippen LogP contribution in [-0.2, 0) is 4.79 Å². The summed E-state index contributed by atoms with van der Waals surface area (Å²) in [5, 5.41) is 2.87. The molecule has 0 unspecified atom stereocenters. The van der Waals surface area contributed by atoms with Crippen LogP contribution >= 0.6 is 0 Å². The molecule has 1 N–H and O–H groups in total. The zero-order valence-electron chi connectivity index (χ0n) is 15.9. The quantitative estimate of drug-likeness (QED) is 0.736. The largest absolute Gasteiger partial charge is 0.497 e. The van der Waals surface area contributed by atoms with E-state index in [0.717, 1.165) is 22.7 Å². The van der Waals surface area contributed by atoms with Gasteiger partial charge >= 0.3 is 0 Å². The molecule has 1 amide bonds. The number of ether oxygens (including phenoxy) is 3. The van der Waals surface area contributed by atoms with Crippen LogP contribution in [0.15, 0.2) is 48.8 Å². The molecule has 0 spiro atoms. The number of hydrogen-bond acceptors (Lipinski definition) is 5. The number of hydrogen-bond donors (Lipinski definition) is 1. The minimum absolute atomic E-state index is 0.0665. The third-order valence-electron chi connectivity index (χ3n) is 4.92. The van der Waals surface area contributed by atoms with E-state index in [2.05, 4.69) is 10.3 Å². The summed E-state index contributed by atoms with van der Waals surface area (Å²) in [7, 11) is 4.83. The monoisotopic (exact) mass is 379 g/mol. The highest BCUT2D eigenvalue weighted by Gasteiger charge is 2.32. The average molecular weight is 379 g/mol. The lowest BCUT2D eigenvalue weighted by Gasteiger charge is -2.25. The van der Waals surface area contributed by atoms with Crippen molar-refractivity contribution < 1.29 is 19.0 Å². The number of nitrogens with one attached hydrogen (secondary N) is 1. The van der Waals surface area contributed by atoms with Crippen LogP contribution in [0, 0.1) is 0 Å². The Morgan fingerprint density at radius 3 is 2.61 bits per heavy atom. The molecule has 0 radical (unpaired) electrons. The average Bonchev–Trinajstić information content (AvgIpc) is 3.16. The number of rotatable bonds is 5. The topological polar surface area (TPSA) is 74.6 Å². The Morgan fingerprint density at radius 2 is 1.86 bits per heavy atom. The zero-order valence-corrected chi connectivity index (χ0v) is 15.9. The summed E-state index contributed by atoms with van der Waals surface area (Å²) in [4.78, 5) is 16.7. The number of anilines is 1. The lowest BCUT2D eigenvalue weighted by Crippen LogP contribution is -2.25. The molecule has 0 fully saturated rings. The fourth-order valence-corrected chi connectivity index (χ4v) is 3.56. The van der Waals surface area contributed by atoms with Gasteiger partial charge in [-0.1, -0.05) is 12.1 Å². The molecule has 2 aromatic carbocycles. The maximum absolute atomic E-state index is 12.3. The maximum Gasteiger partial charge on any atom is 0.226 e. The van der Waals surface area contributed by atoms with Crippen LogP contribution in [0.25, 0.3) is 5.69 Å². The molecule has 144 valence electrons. The van der Waals surface area contributed by atoms with E-state index in [-0.39, 0.29) is 11.8 Å². The van der Waals surface area contributed by atoms with Crippen molar-refractivity contribution in [3.63, 3.8) is 0 Å². The van der Waals surface area contributed by atoms with Crippen molar-refractivity contribution in [1.29, 1.82) is 0 Å². The Balaban J connectivity index is 1.84. The Bertz CT molecular complexity index is 1030. The van der Waals surface area contributed by atoms with Gasteiger partial charge in [0.2, 0.25) is 5.91 Å². The number of amides is 1. The molecule has 0 aliphatic carbocycles. The molecule has 4 rings (SSSR count). The summed E-state index contributed by atoms with van der Waals surface area (Å²) >= 11 is 0. The van der Waals surface area contributed by atoms with Crippen LogP contribution in [0.1, 0.15) is 23.6 Å². The van der Waals surface area contributed by atoms with E-state index in [0.29, 0.717) is 23.7 Å². The van der Waals surface area contributed by atoms with Crippen LogP contribution in [-0.4, -0.2) is 36.8 Å². The van der Waals surface area contributed by atoms with Gasteiger partial charge in [0.05, 0.1) is 32.7 Å². The lowest BCUT2D eigenvalue weighted by atomic mass is 9.89. The highest BCUT2D eigenvalue weighted by molar-refractivity contribution is 5.94. The molecule has 7 heteroatoms. The highest BCUT2D eigenvalue weighted by atomic mass is 16.5. The van der Waals surface area contributed by atoms with Gasteiger partial charge in [-0.05, 0) is 29.8 Å². The number of methoxy groups -OCH3 is 3. The van der Waals surface area contributed by atoms with Crippen molar-refractivity contribution >= 4 is 11.7 Å². The van der Waals surface area contributed by atoms with Gasteiger partial charge in [-0.15, -0.1) is 0 Å². The molecule has 3 aromatic rings. The normalized spacial score (nSPS) is 15.5. The Hall–Kier alpha value is -3.48. The maximum atomic E-state index is 12.3. The summed E-state index contributed by atoms with van der Waals surface area (Å²) in [6, 6.07) is 13.4. The predicted molar refractivity (Wildman–Crippen MR) is 105 cm³/mol. The predicted octanol–water partition coefficient (Wildman–Crippen LogP) is 3.37. The van der Waals surface area contributed by atoms with Crippen molar-refractivity contribution in [3.8, 4) is 22.9 Å². The molecular formula is C21H21N3O4. The second kappa shape index (κ2) is 7.26. The lowest BCUT2D eigenvalue weighted by molar-refractivity contribution is -0.116. The van der Waals surface area contributed by atoms with Gasteiger partial charge in [0, 0.05) is 18.4 Å².